The molecular formula is C11H15NO2. The fourth-order valence-corrected chi connectivity index (χ4v) is 3.76. The van der Waals surface area contributed by atoms with Crippen molar-refractivity contribution in [2.45, 2.75) is 32.1 Å². The van der Waals surface area contributed by atoms with Gasteiger partial charge in [0.1, 0.15) is 11.6 Å². The molecule has 2 aliphatic carbocycles. The van der Waals surface area contributed by atoms with Crippen molar-refractivity contribution >= 4 is 11.6 Å². The zero-order valence-electron chi connectivity index (χ0n) is 8.27. The van der Waals surface area contributed by atoms with E-state index in [9.17, 15) is 9.59 Å². The van der Waals surface area contributed by atoms with Gasteiger partial charge in [0.25, 0.3) is 0 Å². The van der Waals surface area contributed by atoms with Gasteiger partial charge in [0.15, 0.2) is 0 Å². The summed E-state index contributed by atoms with van der Waals surface area (Å²) in [6, 6.07) is 0. The molecule has 14 heavy (non-hydrogen) atoms. The third-order valence-electron chi connectivity index (χ3n) is 4.04. The Hall–Kier alpha value is -0.700. The highest BCUT2D eigenvalue weighted by atomic mass is 16.1. The molecule has 0 bridgehead atoms. The van der Waals surface area contributed by atoms with Gasteiger partial charge in [0.05, 0.1) is 6.42 Å². The van der Waals surface area contributed by atoms with Crippen molar-refractivity contribution in [1.29, 1.82) is 0 Å². The Morgan fingerprint density at radius 3 is 1.93 bits per heavy atom. The molecule has 0 aromatic carbocycles. The van der Waals surface area contributed by atoms with Crippen LogP contribution in [0, 0.1) is 10.8 Å². The van der Waals surface area contributed by atoms with E-state index >= 15 is 0 Å². The second-order valence-corrected chi connectivity index (χ2v) is 5.56. The average Bonchev–Trinajstić information content (AvgIpc) is 1.94. The summed E-state index contributed by atoms with van der Waals surface area (Å²) in [5.41, 5.74) is 0.562. The first kappa shape index (κ1) is 8.60. The maximum atomic E-state index is 11.4. The van der Waals surface area contributed by atoms with E-state index < -0.39 is 0 Å². The number of rotatable bonds is 0. The molecule has 0 aromatic rings. The lowest BCUT2D eigenvalue weighted by molar-refractivity contribution is -0.148. The van der Waals surface area contributed by atoms with Crippen LogP contribution in [0.1, 0.15) is 32.1 Å². The van der Waals surface area contributed by atoms with E-state index in [0.29, 0.717) is 18.3 Å². The summed E-state index contributed by atoms with van der Waals surface area (Å²) in [4.78, 5) is 22.7. The molecule has 1 saturated heterocycles. The Kier molecular flexibility index (Phi) is 1.51. The molecule has 0 atom stereocenters. The van der Waals surface area contributed by atoms with Crippen LogP contribution < -0.4 is 5.32 Å². The lowest BCUT2D eigenvalue weighted by Crippen LogP contribution is -2.65. The van der Waals surface area contributed by atoms with E-state index in [-0.39, 0.29) is 23.4 Å². The second-order valence-electron chi connectivity index (χ2n) is 5.56. The smallest absolute Gasteiger partial charge is 0.140 e. The Morgan fingerprint density at radius 1 is 0.929 bits per heavy atom. The van der Waals surface area contributed by atoms with Gasteiger partial charge in [-0.15, -0.1) is 0 Å². The van der Waals surface area contributed by atoms with Crippen LogP contribution in [0.15, 0.2) is 0 Å². The third kappa shape index (κ3) is 1.08. The van der Waals surface area contributed by atoms with Gasteiger partial charge >= 0.3 is 0 Å². The molecule has 2 saturated carbocycles. The van der Waals surface area contributed by atoms with Crippen LogP contribution in [0.2, 0.25) is 0 Å². The summed E-state index contributed by atoms with van der Waals surface area (Å²) in [6.07, 6.45) is 3.74. The number of hydrogen-bond acceptors (Lipinski definition) is 3. The molecule has 3 rings (SSSR count). The molecule has 3 fully saturated rings. The van der Waals surface area contributed by atoms with Crippen molar-refractivity contribution in [1.82, 2.24) is 5.32 Å². The minimum atomic E-state index is 0.0918. The van der Waals surface area contributed by atoms with Gasteiger partial charge in [0.2, 0.25) is 0 Å². The van der Waals surface area contributed by atoms with Gasteiger partial charge in [0, 0.05) is 25.9 Å². The van der Waals surface area contributed by atoms with E-state index in [0.717, 1.165) is 25.9 Å². The molecular weight excluding hydrogens is 178 g/mol. The zero-order valence-corrected chi connectivity index (χ0v) is 8.27. The van der Waals surface area contributed by atoms with Crippen molar-refractivity contribution in [2.24, 2.45) is 10.8 Å². The topological polar surface area (TPSA) is 46.2 Å². The Bertz CT molecular complexity index is 291. The molecule has 0 radical (unpaired) electrons. The summed E-state index contributed by atoms with van der Waals surface area (Å²) in [7, 11) is 0. The van der Waals surface area contributed by atoms with E-state index in [2.05, 4.69) is 5.32 Å². The van der Waals surface area contributed by atoms with Gasteiger partial charge in [-0.1, -0.05) is 0 Å². The molecule has 3 heteroatoms. The van der Waals surface area contributed by atoms with Crippen LogP contribution in [0.25, 0.3) is 0 Å². The third-order valence-corrected chi connectivity index (χ3v) is 4.04. The van der Waals surface area contributed by atoms with Crippen LogP contribution in [0.3, 0.4) is 0 Å². The minimum Gasteiger partial charge on any atom is -0.316 e. The SMILES string of the molecule is O=C1CC(=O)CC2(C1)CC1(CNC1)C2. The van der Waals surface area contributed by atoms with Crippen molar-refractivity contribution in [3.8, 4) is 0 Å². The van der Waals surface area contributed by atoms with E-state index in [1.807, 2.05) is 0 Å². The first-order chi connectivity index (χ1) is 6.62. The van der Waals surface area contributed by atoms with Crippen molar-refractivity contribution in [3.05, 3.63) is 0 Å². The molecule has 0 unspecified atom stereocenters. The fraction of sp³-hybridized carbons (Fsp3) is 0.818. The monoisotopic (exact) mass is 193 g/mol. The maximum absolute atomic E-state index is 11.4. The van der Waals surface area contributed by atoms with Crippen LogP contribution in [-0.2, 0) is 9.59 Å². The Morgan fingerprint density at radius 2 is 1.50 bits per heavy atom. The highest BCUT2D eigenvalue weighted by molar-refractivity contribution is 6.02. The number of nitrogens with one attached hydrogen (secondary N) is 1. The average molecular weight is 193 g/mol. The molecule has 3 nitrogen and oxygen atoms in total. The lowest BCUT2D eigenvalue weighted by atomic mass is 9.46. The predicted molar refractivity (Wildman–Crippen MR) is 50.8 cm³/mol. The van der Waals surface area contributed by atoms with Crippen LogP contribution in [-0.4, -0.2) is 24.7 Å². The van der Waals surface area contributed by atoms with E-state index in [1.54, 1.807) is 0 Å². The summed E-state index contributed by atoms with van der Waals surface area (Å²) in [5.74, 6) is 0.340. The first-order valence-electron chi connectivity index (χ1n) is 5.36. The summed E-state index contributed by atoms with van der Waals surface area (Å²) in [6.45, 7) is 2.19. The number of Topliss-reactive ketones (excluding diaryl/α,β-unsaturated/α-hetero) is 2. The largest absolute Gasteiger partial charge is 0.316 e. The number of carbonyl (C=O) groups excluding carboxylic acids is 2. The predicted octanol–water partition coefficient (Wildman–Crippen LogP) is 0.678. The molecule has 0 amide bonds. The normalized spacial score (nSPS) is 32.9. The van der Waals surface area contributed by atoms with E-state index in [1.165, 1.54) is 0 Å². The lowest BCUT2D eigenvalue weighted by Gasteiger charge is -2.62. The zero-order chi connectivity index (χ0) is 9.81. The highest BCUT2D eigenvalue weighted by Gasteiger charge is 2.59. The van der Waals surface area contributed by atoms with Gasteiger partial charge in [-0.25, -0.2) is 0 Å². The first-order valence-corrected chi connectivity index (χ1v) is 5.36. The minimum absolute atomic E-state index is 0.0918. The molecule has 2 spiro atoms. The summed E-state index contributed by atoms with van der Waals surface area (Å²) in [5, 5.41) is 3.28. The van der Waals surface area contributed by atoms with Crippen molar-refractivity contribution in [3.63, 3.8) is 0 Å². The molecule has 1 N–H and O–H groups in total. The second kappa shape index (κ2) is 2.45. The van der Waals surface area contributed by atoms with Gasteiger partial charge < -0.3 is 5.32 Å². The molecule has 0 aromatic heterocycles. The van der Waals surface area contributed by atoms with Crippen LogP contribution in [0.5, 0.6) is 0 Å². The fourth-order valence-electron chi connectivity index (χ4n) is 3.76. The maximum Gasteiger partial charge on any atom is 0.140 e. The van der Waals surface area contributed by atoms with Crippen LogP contribution >= 0.6 is 0 Å². The molecule has 76 valence electrons. The van der Waals surface area contributed by atoms with Crippen molar-refractivity contribution in [2.75, 3.05) is 13.1 Å². The number of ketones is 2. The molecule has 3 aliphatic rings. The summed E-state index contributed by atoms with van der Waals surface area (Å²) >= 11 is 0. The van der Waals surface area contributed by atoms with Gasteiger partial charge in [-0.05, 0) is 23.7 Å². The van der Waals surface area contributed by atoms with E-state index in [4.69, 9.17) is 0 Å². The number of hydrogen-bond donors (Lipinski definition) is 1. The number of carbonyl (C=O) groups is 2. The Balaban J connectivity index is 1.73. The van der Waals surface area contributed by atoms with Crippen LogP contribution in [0.4, 0.5) is 0 Å². The summed E-state index contributed by atoms with van der Waals surface area (Å²) < 4.78 is 0. The molecule has 1 aliphatic heterocycles. The highest BCUT2D eigenvalue weighted by Crippen LogP contribution is 2.61. The Labute approximate surface area is 83.2 Å². The molecule has 1 heterocycles. The quantitative estimate of drug-likeness (QED) is 0.575. The van der Waals surface area contributed by atoms with Gasteiger partial charge in [-0.2, -0.15) is 0 Å². The standard InChI is InChI=1S/C11H15NO2/c13-8-1-9(14)3-10(2-8)4-11(5-10)6-12-7-11/h12H,1-7H2. The van der Waals surface area contributed by atoms with Crippen molar-refractivity contribution < 1.29 is 9.59 Å². The van der Waals surface area contributed by atoms with Gasteiger partial charge in [-0.3, -0.25) is 9.59 Å².